The van der Waals surface area contributed by atoms with Gasteiger partial charge in [-0.3, -0.25) is 9.69 Å². The molecule has 2 aliphatic carbocycles. The van der Waals surface area contributed by atoms with Crippen molar-refractivity contribution in [2.24, 2.45) is 23.7 Å². The van der Waals surface area contributed by atoms with E-state index in [4.69, 9.17) is 4.74 Å². The average molecular weight is 325 g/mol. The van der Waals surface area contributed by atoms with E-state index < -0.39 is 11.8 Å². The molecule has 4 fully saturated rings. The monoisotopic (exact) mass is 325 g/mol. The summed E-state index contributed by atoms with van der Waals surface area (Å²) in [5.41, 5.74) is 2.55. The smallest absolute Gasteiger partial charge is 0.233 e. The maximum absolute atomic E-state index is 13.4. The van der Waals surface area contributed by atoms with Crippen LogP contribution in [-0.2, 0) is 9.53 Å². The quantitative estimate of drug-likeness (QED) is 0.869. The number of anilines is 1. The fraction of sp³-hybridized carbons (Fsp3) is 0.550. The molecule has 5 rings (SSSR count). The van der Waals surface area contributed by atoms with Crippen LogP contribution in [0.3, 0.4) is 0 Å². The van der Waals surface area contributed by atoms with Crippen molar-refractivity contribution in [3.63, 3.8) is 0 Å². The number of hydrogen-bond acceptors (Lipinski definition) is 3. The number of carbonyl (C=O) groups excluding carboxylic acids is 1. The first-order valence-corrected chi connectivity index (χ1v) is 8.87. The first kappa shape index (κ1) is 14.7. The summed E-state index contributed by atoms with van der Waals surface area (Å²) in [7, 11) is 0. The van der Waals surface area contributed by atoms with Gasteiger partial charge in [0.15, 0.2) is 5.72 Å². The summed E-state index contributed by atoms with van der Waals surface area (Å²) in [6.07, 6.45) is 2.77. The highest BCUT2D eigenvalue weighted by atomic mass is 16.6. The van der Waals surface area contributed by atoms with Gasteiger partial charge in [0.05, 0.1) is 18.1 Å². The summed E-state index contributed by atoms with van der Waals surface area (Å²) >= 11 is 0. The molecule has 2 aliphatic heterocycles. The van der Waals surface area contributed by atoms with Gasteiger partial charge in [-0.25, -0.2) is 0 Å². The minimum absolute atomic E-state index is 0.0555. The highest BCUT2D eigenvalue weighted by Gasteiger charge is 2.78. The standard InChI is InChI=1S/C20H23NO3/c1-4-7-20-16-13-9-12(17(22)18(13)24-20)15(16)19(23)21(20)14-6-5-10(2)8-11(14)3/h4-6,8,12-13,15-18,22H,1,7,9H2,2-3H3. The van der Waals surface area contributed by atoms with Crippen LogP contribution in [0.4, 0.5) is 5.69 Å². The Morgan fingerprint density at radius 1 is 1.42 bits per heavy atom. The molecule has 4 aliphatic rings. The Morgan fingerprint density at radius 2 is 2.21 bits per heavy atom. The first-order chi connectivity index (χ1) is 11.5. The van der Waals surface area contributed by atoms with Crippen LogP contribution >= 0.6 is 0 Å². The average Bonchev–Trinajstić information content (AvgIpc) is 3.18. The second-order valence-corrected chi connectivity index (χ2v) is 7.99. The third-order valence-electron chi connectivity index (χ3n) is 6.83. The van der Waals surface area contributed by atoms with Crippen molar-refractivity contribution >= 4 is 11.6 Å². The lowest BCUT2D eigenvalue weighted by atomic mass is 9.76. The fourth-order valence-corrected chi connectivity index (χ4v) is 6.15. The molecule has 2 saturated carbocycles. The third-order valence-corrected chi connectivity index (χ3v) is 6.83. The number of fused-ring (bicyclic) bond motifs is 2. The molecule has 7 atom stereocenters. The maximum atomic E-state index is 13.4. The molecular formula is C20H23NO3. The van der Waals surface area contributed by atoms with E-state index in [0.717, 1.165) is 17.7 Å². The predicted octanol–water partition coefficient (Wildman–Crippen LogP) is 2.56. The van der Waals surface area contributed by atoms with E-state index in [2.05, 4.69) is 19.6 Å². The summed E-state index contributed by atoms with van der Waals surface area (Å²) in [6, 6.07) is 6.20. The van der Waals surface area contributed by atoms with Crippen LogP contribution in [0.25, 0.3) is 0 Å². The van der Waals surface area contributed by atoms with E-state index >= 15 is 0 Å². The first-order valence-electron chi connectivity index (χ1n) is 8.87. The van der Waals surface area contributed by atoms with Crippen molar-refractivity contribution in [1.29, 1.82) is 0 Å². The summed E-state index contributed by atoms with van der Waals surface area (Å²) in [5, 5.41) is 10.6. The summed E-state index contributed by atoms with van der Waals surface area (Å²) in [5.74, 6) is 0.555. The van der Waals surface area contributed by atoms with E-state index in [1.54, 1.807) is 0 Å². The van der Waals surface area contributed by atoms with Crippen molar-refractivity contribution in [3.05, 3.63) is 42.0 Å². The highest BCUT2D eigenvalue weighted by Crippen LogP contribution is 2.68. The minimum Gasteiger partial charge on any atom is -0.390 e. The Balaban J connectivity index is 1.69. The zero-order chi connectivity index (χ0) is 16.8. The topological polar surface area (TPSA) is 49.8 Å². The second kappa shape index (κ2) is 4.50. The van der Waals surface area contributed by atoms with Crippen molar-refractivity contribution in [3.8, 4) is 0 Å². The fourth-order valence-electron chi connectivity index (χ4n) is 6.15. The Morgan fingerprint density at radius 3 is 2.92 bits per heavy atom. The minimum atomic E-state index is -0.662. The van der Waals surface area contributed by atoms with Crippen LogP contribution in [0.1, 0.15) is 24.0 Å². The molecule has 1 aromatic rings. The van der Waals surface area contributed by atoms with Gasteiger partial charge < -0.3 is 9.84 Å². The zero-order valence-electron chi connectivity index (χ0n) is 14.1. The third kappa shape index (κ3) is 1.46. The Bertz CT molecular complexity index is 759. The van der Waals surface area contributed by atoms with Gasteiger partial charge in [0.25, 0.3) is 0 Å². The number of hydrogen-bond donors (Lipinski definition) is 1. The molecule has 1 N–H and O–H groups in total. The molecule has 4 heteroatoms. The van der Waals surface area contributed by atoms with Crippen molar-refractivity contribution in [1.82, 2.24) is 0 Å². The van der Waals surface area contributed by atoms with Gasteiger partial charge in [-0.05, 0) is 43.7 Å². The number of carbonyl (C=O) groups is 1. The van der Waals surface area contributed by atoms with Crippen molar-refractivity contribution < 1.29 is 14.6 Å². The molecule has 4 nitrogen and oxygen atoms in total. The molecule has 24 heavy (non-hydrogen) atoms. The van der Waals surface area contributed by atoms with Crippen LogP contribution in [-0.4, -0.2) is 28.9 Å². The number of ether oxygens (including phenoxy) is 1. The van der Waals surface area contributed by atoms with Crippen LogP contribution < -0.4 is 4.90 Å². The van der Waals surface area contributed by atoms with Gasteiger partial charge >= 0.3 is 0 Å². The number of aliphatic hydroxyl groups excluding tert-OH is 1. The van der Waals surface area contributed by atoms with Gasteiger partial charge in [0.1, 0.15) is 0 Å². The number of amides is 1. The lowest BCUT2D eigenvalue weighted by Crippen LogP contribution is -2.51. The van der Waals surface area contributed by atoms with Crippen molar-refractivity contribution in [2.45, 2.75) is 44.6 Å². The lowest BCUT2D eigenvalue weighted by molar-refractivity contribution is -0.132. The molecule has 2 bridgehead atoms. The van der Waals surface area contributed by atoms with Gasteiger partial charge in [0, 0.05) is 18.0 Å². The van der Waals surface area contributed by atoms with Crippen LogP contribution in [0, 0.1) is 37.5 Å². The van der Waals surface area contributed by atoms with Gasteiger partial charge in [-0.15, -0.1) is 6.58 Å². The molecule has 126 valence electrons. The van der Waals surface area contributed by atoms with E-state index in [0.29, 0.717) is 12.3 Å². The largest absolute Gasteiger partial charge is 0.390 e. The molecule has 2 heterocycles. The predicted molar refractivity (Wildman–Crippen MR) is 90.4 cm³/mol. The zero-order valence-corrected chi connectivity index (χ0v) is 14.1. The van der Waals surface area contributed by atoms with Gasteiger partial charge in [0.2, 0.25) is 5.91 Å². The Kier molecular flexibility index (Phi) is 2.75. The molecule has 0 spiro atoms. The Labute approximate surface area is 142 Å². The molecule has 1 aromatic carbocycles. The van der Waals surface area contributed by atoms with E-state index in [9.17, 15) is 9.90 Å². The molecule has 2 saturated heterocycles. The molecular weight excluding hydrogens is 302 g/mol. The normalized spacial score (nSPS) is 44.6. The van der Waals surface area contributed by atoms with E-state index in [1.165, 1.54) is 5.56 Å². The summed E-state index contributed by atoms with van der Waals surface area (Å²) in [4.78, 5) is 15.3. The highest BCUT2D eigenvalue weighted by molar-refractivity contribution is 6.01. The number of aliphatic hydroxyl groups is 1. The lowest BCUT2D eigenvalue weighted by Gasteiger charge is -2.39. The van der Waals surface area contributed by atoms with Gasteiger partial charge in [-0.2, -0.15) is 0 Å². The Hall–Kier alpha value is -1.65. The summed E-state index contributed by atoms with van der Waals surface area (Å²) < 4.78 is 6.48. The molecule has 0 radical (unpaired) electrons. The summed E-state index contributed by atoms with van der Waals surface area (Å²) in [6.45, 7) is 8.03. The van der Waals surface area contributed by atoms with Gasteiger partial charge in [-0.1, -0.05) is 23.8 Å². The van der Waals surface area contributed by atoms with Crippen LogP contribution in [0.5, 0.6) is 0 Å². The SMILES string of the molecule is C=CCC12OC3C(O)C4CC3C1C4C(=O)N2c1ccc(C)cc1C. The molecule has 1 amide bonds. The van der Waals surface area contributed by atoms with Crippen molar-refractivity contribution in [2.75, 3.05) is 4.90 Å². The maximum Gasteiger partial charge on any atom is 0.233 e. The molecule has 0 aromatic heterocycles. The van der Waals surface area contributed by atoms with E-state index in [1.807, 2.05) is 30.0 Å². The van der Waals surface area contributed by atoms with Crippen LogP contribution in [0.2, 0.25) is 0 Å². The number of rotatable bonds is 3. The molecule has 7 unspecified atom stereocenters. The second-order valence-electron chi connectivity index (χ2n) is 7.99. The number of aryl methyl sites for hydroxylation is 2. The van der Waals surface area contributed by atoms with E-state index in [-0.39, 0.29) is 29.8 Å². The van der Waals surface area contributed by atoms with Crippen LogP contribution in [0.15, 0.2) is 30.9 Å². The number of benzene rings is 1. The number of nitrogens with zero attached hydrogens (tertiary/aromatic N) is 1.